The van der Waals surface area contributed by atoms with E-state index in [1.807, 2.05) is 18.2 Å². The van der Waals surface area contributed by atoms with E-state index in [0.29, 0.717) is 30.2 Å². The molecule has 2 aromatic rings. The van der Waals surface area contributed by atoms with E-state index in [-0.39, 0.29) is 17.7 Å². The summed E-state index contributed by atoms with van der Waals surface area (Å²) in [7, 11) is 0. The van der Waals surface area contributed by atoms with Gasteiger partial charge in [0.05, 0.1) is 5.92 Å². The summed E-state index contributed by atoms with van der Waals surface area (Å²) >= 11 is 5.88. The van der Waals surface area contributed by atoms with Gasteiger partial charge >= 0.3 is 0 Å². The molecule has 1 heterocycles. The average molecular weight is 371 g/mol. The topological polar surface area (TPSA) is 49.4 Å². The number of nitrogens with zero attached hydrogens (tertiary/aromatic N) is 1. The highest BCUT2D eigenvalue weighted by Crippen LogP contribution is 2.20. The second kappa shape index (κ2) is 8.86. The molecule has 2 aromatic carbocycles. The fourth-order valence-corrected chi connectivity index (χ4v) is 3.40. The summed E-state index contributed by atoms with van der Waals surface area (Å²) in [6.45, 7) is 1.78. The Hall–Kier alpha value is -2.33. The molecule has 0 radical (unpaired) electrons. The fourth-order valence-electron chi connectivity index (χ4n) is 3.27. The molecule has 136 valence electrons. The molecule has 0 aliphatic carbocycles. The highest BCUT2D eigenvalue weighted by Gasteiger charge is 2.28. The van der Waals surface area contributed by atoms with Crippen LogP contribution >= 0.6 is 11.6 Å². The third-order valence-corrected chi connectivity index (χ3v) is 4.98. The number of hydrogen-bond donors (Lipinski definition) is 1. The Morgan fingerprint density at radius 3 is 2.54 bits per heavy atom. The Morgan fingerprint density at radius 2 is 1.81 bits per heavy atom. The molecular formula is C21H23ClN2O2. The summed E-state index contributed by atoms with van der Waals surface area (Å²) < 4.78 is 0. The van der Waals surface area contributed by atoms with Crippen molar-refractivity contribution in [3.63, 3.8) is 0 Å². The highest BCUT2D eigenvalue weighted by atomic mass is 35.5. The molecule has 5 heteroatoms. The molecular weight excluding hydrogens is 348 g/mol. The summed E-state index contributed by atoms with van der Waals surface area (Å²) in [5.74, 6) is -0.145. The van der Waals surface area contributed by atoms with E-state index in [1.54, 1.807) is 29.2 Å². The highest BCUT2D eigenvalue weighted by molar-refractivity contribution is 6.30. The number of carbonyl (C=O) groups excluding carboxylic acids is 2. The van der Waals surface area contributed by atoms with E-state index in [2.05, 4.69) is 17.4 Å². The van der Waals surface area contributed by atoms with Crippen LogP contribution in [-0.4, -0.2) is 36.3 Å². The largest absolute Gasteiger partial charge is 0.355 e. The van der Waals surface area contributed by atoms with Crippen LogP contribution in [0.15, 0.2) is 54.6 Å². The van der Waals surface area contributed by atoms with Crippen molar-refractivity contribution in [2.45, 2.75) is 19.3 Å². The van der Waals surface area contributed by atoms with Gasteiger partial charge in [0.2, 0.25) is 5.91 Å². The first-order chi connectivity index (χ1) is 12.6. The summed E-state index contributed by atoms with van der Waals surface area (Å²) in [5, 5.41) is 3.62. The first kappa shape index (κ1) is 18.5. The van der Waals surface area contributed by atoms with E-state index >= 15 is 0 Å². The van der Waals surface area contributed by atoms with Crippen molar-refractivity contribution in [3.8, 4) is 0 Å². The second-order valence-corrected chi connectivity index (χ2v) is 7.06. The molecule has 0 spiro atoms. The zero-order valence-electron chi connectivity index (χ0n) is 14.7. The molecule has 1 aliphatic heterocycles. The Bertz CT molecular complexity index is 746. The second-order valence-electron chi connectivity index (χ2n) is 6.62. The first-order valence-corrected chi connectivity index (χ1v) is 9.38. The lowest BCUT2D eigenvalue weighted by Gasteiger charge is -2.32. The summed E-state index contributed by atoms with van der Waals surface area (Å²) in [6, 6.07) is 17.0. The number of benzene rings is 2. The van der Waals surface area contributed by atoms with Crippen LogP contribution in [0.2, 0.25) is 5.02 Å². The van der Waals surface area contributed by atoms with Crippen LogP contribution in [0.3, 0.4) is 0 Å². The molecule has 0 bridgehead atoms. The van der Waals surface area contributed by atoms with Gasteiger partial charge in [-0.2, -0.15) is 0 Å². The molecule has 1 saturated heterocycles. The van der Waals surface area contributed by atoms with Gasteiger partial charge in [-0.3, -0.25) is 9.59 Å². The SMILES string of the molecule is O=C(NCCc1ccccc1)C1CCCN(C(=O)c2ccc(Cl)cc2)C1. The van der Waals surface area contributed by atoms with Gasteiger partial charge in [-0.1, -0.05) is 41.9 Å². The third-order valence-electron chi connectivity index (χ3n) is 4.73. The third kappa shape index (κ3) is 4.85. The van der Waals surface area contributed by atoms with Gasteiger partial charge < -0.3 is 10.2 Å². The monoisotopic (exact) mass is 370 g/mol. The molecule has 1 atom stereocenters. The quantitative estimate of drug-likeness (QED) is 0.875. The lowest BCUT2D eigenvalue weighted by Crippen LogP contribution is -2.45. The zero-order valence-corrected chi connectivity index (χ0v) is 15.4. The normalized spacial score (nSPS) is 17.0. The molecule has 4 nitrogen and oxygen atoms in total. The van der Waals surface area contributed by atoms with Gasteiger partial charge in [-0.25, -0.2) is 0 Å². The average Bonchev–Trinajstić information content (AvgIpc) is 2.69. The molecule has 26 heavy (non-hydrogen) atoms. The van der Waals surface area contributed by atoms with Crippen molar-refractivity contribution in [1.29, 1.82) is 0 Å². The maximum Gasteiger partial charge on any atom is 0.253 e. The zero-order chi connectivity index (χ0) is 18.4. The lowest BCUT2D eigenvalue weighted by molar-refractivity contribution is -0.126. The van der Waals surface area contributed by atoms with Gasteiger partial charge in [0.1, 0.15) is 0 Å². The van der Waals surface area contributed by atoms with Crippen molar-refractivity contribution < 1.29 is 9.59 Å². The Labute approximate surface area is 159 Å². The van der Waals surface area contributed by atoms with Gasteiger partial charge in [0.15, 0.2) is 0 Å². The van der Waals surface area contributed by atoms with Crippen LogP contribution in [0.5, 0.6) is 0 Å². The molecule has 1 N–H and O–H groups in total. The van der Waals surface area contributed by atoms with Crippen LogP contribution in [0.1, 0.15) is 28.8 Å². The maximum absolute atomic E-state index is 12.6. The fraction of sp³-hybridized carbons (Fsp3) is 0.333. The van der Waals surface area contributed by atoms with Crippen molar-refractivity contribution >= 4 is 23.4 Å². The van der Waals surface area contributed by atoms with E-state index in [9.17, 15) is 9.59 Å². The minimum atomic E-state index is -0.143. The standard InChI is InChI=1S/C21H23ClN2O2/c22-19-10-8-17(9-11-19)21(26)24-14-4-7-18(15-24)20(25)23-13-12-16-5-2-1-3-6-16/h1-3,5-6,8-11,18H,4,7,12-15H2,(H,23,25). The number of nitrogens with one attached hydrogen (secondary N) is 1. The summed E-state index contributed by atoms with van der Waals surface area (Å²) in [6.07, 6.45) is 2.48. The van der Waals surface area contributed by atoms with E-state index in [4.69, 9.17) is 11.6 Å². The van der Waals surface area contributed by atoms with E-state index in [1.165, 1.54) is 5.56 Å². The van der Waals surface area contributed by atoms with E-state index in [0.717, 1.165) is 19.3 Å². The number of likely N-dealkylation sites (tertiary alicyclic amines) is 1. The van der Waals surface area contributed by atoms with Crippen LogP contribution < -0.4 is 5.32 Å². The van der Waals surface area contributed by atoms with Crippen LogP contribution in [0.25, 0.3) is 0 Å². The molecule has 3 rings (SSSR count). The van der Waals surface area contributed by atoms with Crippen molar-refractivity contribution in [1.82, 2.24) is 10.2 Å². The van der Waals surface area contributed by atoms with Gasteiger partial charge in [0.25, 0.3) is 5.91 Å². The number of piperidine rings is 1. The van der Waals surface area contributed by atoms with Crippen molar-refractivity contribution in [2.24, 2.45) is 5.92 Å². The van der Waals surface area contributed by atoms with Crippen LogP contribution in [0.4, 0.5) is 0 Å². The molecule has 1 unspecified atom stereocenters. The van der Waals surface area contributed by atoms with Gasteiger partial charge in [-0.05, 0) is 49.1 Å². The maximum atomic E-state index is 12.6. The van der Waals surface area contributed by atoms with Gasteiger partial charge in [0, 0.05) is 30.2 Å². The van der Waals surface area contributed by atoms with Crippen molar-refractivity contribution in [3.05, 3.63) is 70.7 Å². The lowest BCUT2D eigenvalue weighted by atomic mass is 9.96. The van der Waals surface area contributed by atoms with Gasteiger partial charge in [-0.15, -0.1) is 0 Å². The Morgan fingerprint density at radius 1 is 1.08 bits per heavy atom. The Kier molecular flexibility index (Phi) is 6.29. The molecule has 0 saturated carbocycles. The molecule has 1 fully saturated rings. The van der Waals surface area contributed by atoms with Crippen LogP contribution in [0, 0.1) is 5.92 Å². The minimum absolute atomic E-state index is 0.0366. The minimum Gasteiger partial charge on any atom is -0.355 e. The van der Waals surface area contributed by atoms with Crippen molar-refractivity contribution in [2.75, 3.05) is 19.6 Å². The predicted octanol–water partition coefficient (Wildman–Crippen LogP) is 3.55. The first-order valence-electron chi connectivity index (χ1n) is 9.00. The summed E-state index contributed by atoms with van der Waals surface area (Å²) in [5.41, 5.74) is 1.82. The predicted molar refractivity (Wildman–Crippen MR) is 103 cm³/mol. The summed E-state index contributed by atoms with van der Waals surface area (Å²) in [4.78, 5) is 26.9. The molecule has 0 aromatic heterocycles. The number of hydrogen-bond acceptors (Lipinski definition) is 2. The Balaban J connectivity index is 1.51. The smallest absolute Gasteiger partial charge is 0.253 e. The number of rotatable bonds is 5. The number of halogens is 1. The van der Waals surface area contributed by atoms with E-state index < -0.39 is 0 Å². The molecule has 2 amide bonds. The molecule has 1 aliphatic rings. The van der Waals surface area contributed by atoms with Crippen LogP contribution in [-0.2, 0) is 11.2 Å². The number of carbonyl (C=O) groups is 2. The number of amides is 2.